The van der Waals surface area contributed by atoms with Crippen LogP contribution in [-0.2, 0) is 6.54 Å². The highest BCUT2D eigenvalue weighted by atomic mass is 79.9. The molecule has 0 amide bonds. The van der Waals surface area contributed by atoms with Gasteiger partial charge in [-0.05, 0) is 18.2 Å². The Kier molecular flexibility index (Phi) is 3.56. The Labute approximate surface area is 110 Å². The highest BCUT2D eigenvalue weighted by molar-refractivity contribution is 9.11. The lowest BCUT2D eigenvalue weighted by atomic mass is 10.1. The number of halogens is 2. The zero-order valence-electron chi connectivity index (χ0n) is 8.23. The molecule has 16 heavy (non-hydrogen) atoms. The molecule has 0 atom stereocenters. The maximum Gasteiger partial charge on any atom is 0.183 e. The SMILES string of the molecule is O=C(Cn1ccnc1)c1ccc(Br)cc1Br. The van der Waals surface area contributed by atoms with Crippen LogP contribution in [0.1, 0.15) is 10.4 Å². The molecule has 5 heteroatoms. The maximum atomic E-state index is 12.0. The molecule has 82 valence electrons. The molecule has 0 bridgehead atoms. The lowest BCUT2D eigenvalue weighted by molar-refractivity contribution is 0.0971. The summed E-state index contributed by atoms with van der Waals surface area (Å²) in [7, 11) is 0. The highest BCUT2D eigenvalue weighted by Crippen LogP contribution is 2.22. The monoisotopic (exact) mass is 342 g/mol. The van der Waals surface area contributed by atoms with Crippen LogP contribution in [0.25, 0.3) is 0 Å². The summed E-state index contributed by atoms with van der Waals surface area (Å²) >= 11 is 6.73. The van der Waals surface area contributed by atoms with Gasteiger partial charge in [-0.15, -0.1) is 0 Å². The Morgan fingerprint density at radius 3 is 2.81 bits per heavy atom. The molecule has 0 fully saturated rings. The highest BCUT2D eigenvalue weighted by Gasteiger charge is 2.10. The molecule has 2 rings (SSSR count). The van der Waals surface area contributed by atoms with Gasteiger partial charge in [0.15, 0.2) is 5.78 Å². The van der Waals surface area contributed by atoms with Gasteiger partial charge in [0.1, 0.15) is 0 Å². The van der Waals surface area contributed by atoms with Gasteiger partial charge in [0, 0.05) is 26.9 Å². The van der Waals surface area contributed by atoms with E-state index in [1.807, 2.05) is 12.1 Å². The molecule has 1 heterocycles. The Balaban J connectivity index is 2.21. The molecule has 1 aromatic heterocycles. The summed E-state index contributed by atoms with van der Waals surface area (Å²) in [6.45, 7) is 0.306. The summed E-state index contributed by atoms with van der Waals surface area (Å²) in [5.41, 5.74) is 0.678. The topological polar surface area (TPSA) is 34.9 Å². The molecule has 0 aliphatic rings. The lowest BCUT2D eigenvalue weighted by Crippen LogP contribution is -2.09. The quantitative estimate of drug-likeness (QED) is 0.801. The molecule has 2 aromatic rings. The fourth-order valence-corrected chi connectivity index (χ4v) is 2.62. The number of ketones is 1. The summed E-state index contributed by atoms with van der Waals surface area (Å²) in [4.78, 5) is 15.8. The van der Waals surface area contributed by atoms with E-state index in [-0.39, 0.29) is 5.78 Å². The third kappa shape index (κ3) is 2.59. The minimum Gasteiger partial charge on any atom is -0.330 e. The fraction of sp³-hybridized carbons (Fsp3) is 0.0909. The summed E-state index contributed by atoms with van der Waals surface area (Å²) in [6, 6.07) is 5.51. The normalized spacial score (nSPS) is 10.4. The maximum absolute atomic E-state index is 12.0. The van der Waals surface area contributed by atoms with Crippen molar-refractivity contribution in [2.24, 2.45) is 0 Å². The molecule has 0 N–H and O–H groups in total. The second-order valence-electron chi connectivity index (χ2n) is 3.28. The lowest BCUT2D eigenvalue weighted by Gasteiger charge is -2.04. The molecular formula is C11H8Br2N2O. The van der Waals surface area contributed by atoms with Crippen LogP contribution in [0, 0.1) is 0 Å². The average molecular weight is 344 g/mol. The first-order valence-corrected chi connectivity index (χ1v) is 6.19. The second-order valence-corrected chi connectivity index (χ2v) is 5.05. The van der Waals surface area contributed by atoms with Crippen LogP contribution in [-0.4, -0.2) is 15.3 Å². The van der Waals surface area contributed by atoms with E-state index in [9.17, 15) is 4.79 Å². The molecule has 1 aromatic carbocycles. The van der Waals surface area contributed by atoms with E-state index >= 15 is 0 Å². The number of carbonyl (C=O) groups is 1. The predicted molar refractivity (Wildman–Crippen MR) is 68.4 cm³/mol. The zero-order chi connectivity index (χ0) is 11.5. The number of nitrogens with zero attached hydrogens (tertiary/aromatic N) is 2. The Morgan fingerprint density at radius 1 is 1.38 bits per heavy atom. The van der Waals surface area contributed by atoms with Crippen LogP contribution >= 0.6 is 31.9 Å². The van der Waals surface area contributed by atoms with Crippen molar-refractivity contribution < 1.29 is 4.79 Å². The number of hydrogen-bond donors (Lipinski definition) is 0. The number of rotatable bonds is 3. The third-order valence-electron chi connectivity index (χ3n) is 2.12. The Bertz CT molecular complexity index is 509. The van der Waals surface area contributed by atoms with E-state index in [4.69, 9.17) is 0 Å². The van der Waals surface area contributed by atoms with E-state index in [0.717, 1.165) is 8.95 Å². The average Bonchev–Trinajstić information content (AvgIpc) is 2.70. The van der Waals surface area contributed by atoms with Crippen molar-refractivity contribution in [1.29, 1.82) is 0 Å². The van der Waals surface area contributed by atoms with Gasteiger partial charge < -0.3 is 4.57 Å². The van der Waals surface area contributed by atoms with E-state index in [1.54, 1.807) is 29.4 Å². The van der Waals surface area contributed by atoms with Crippen LogP contribution < -0.4 is 0 Å². The van der Waals surface area contributed by atoms with Gasteiger partial charge in [-0.1, -0.05) is 31.9 Å². The van der Waals surface area contributed by atoms with E-state index in [1.165, 1.54) is 0 Å². The van der Waals surface area contributed by atoms with Gasteiger partial charge in [0.05, 0.1) is 12.9 Å². The van der Waals surface area contributed by atoms with Crippen LogP contribution in [0.3, 0.4) is 0 Å². The molecule has 0 unspecified atom stereocenters. The van der Waals surface area contributed by atoms with Crippen molar-refractivity contribution in [3.63, 3.8) is 0 Å². The van der Waals surface area contributed by atoms with Gasteiger partial charge in [-0.3, -0.25) is 4.79 Å². The summed E-state index contributed by atoms with van der Waals surface area (Å²) < 4.78 is 3.49. The van der Waals surface area contributed by atoms with E-state index in [2.05, 4.69) is 36.8 Å². The first-order chi connectivity index (χ1) is 7.66. The van der Waals surface area contributed by atoms with Crippen LogP contribution in [0.2, 0.25) is 0 Å². The van der Waals surface area contributed by atoms with Gasteiger partial charge in [-0.2, -0.15) is 0 Å². The molecular weight excluding hydrogens is 336 g/mol. The first kappa shape index (κ1) is 11.5. The summed E-state index contributed by atoms with van der Waals surface area (Å²) in [5.74, 6) is 0.0531. The van der Waals surface area contributed by atoms with Crippen LogP contribution in [0.4, 0.5) is 0 Å². The molecule has 3 nitrogen and oxygen atoms in total. The summed E-state index contributed by atoms with van der Waals surface area (Å²) in [5, 5.41) is 0. The standard InChI is InChI=1S/C11H8Br2N2O/c12-8-1-2-9(10(13)5-8)11(16)6-15-4-3-14-7-15/h1-5,7H,6H2. The first-order valence-electron chi connectivity index (χ1n) is 4.61. The van der Waals surface area contributed by atoms with Gasteiger partial charge in [0.2, 0.25) is 0 Å². The number of hydrogen-bond acceptors (Lipinski definition) is 2. The number of carbonyl (C=O) groups excluding carboxylic acids is 1. The predicted octanol–water partition coefficient (Wildman–Crippen LogP) is 3.29. The second kappa shape index (κ2) is 4.93. The number of imidazole rings is 1. The molecule has 0 saturated heterocycles. The largest absolute Gasteiger partial charge is 0.330 e. The Morgan fingerprint density at radius 2 is 2.19 bits per heavy atom. The Hall–Kier alpha value is -0.940. The van der Waals surface area contributed by atoms with Crippen molar-refractivity contribution in [1.82, 2.24) is 9.55 Å². The molecule has 0 aliphatic heterocycles. The van der Waals surface area contributed by atoms with Crippen molar-refractivity contribution in [3.8, 4) is 0 Å². The smallest absolute Gasteiger partial charge is 0.183 e. The zero-order valence-corrected chi connectivity index (χ0v) is 11.4. The van der Waals surface area contributed by atoms with Gasteiger partial charge >= 0.3 is 0 Å². The van der Waals surface area contributed by atoms with E-state index in [0.29, 0.717) is 12.1 Å². The summed E-state index contributed by atoms with van der Waals surface area (Å²) in [6.07, 6.45) is 5.05. The third-order valence-corrected chi connectivity index (χ3v) is 3.27. The van der Waals surface area contributed by atoms with Crippen molar-refractivity contribution >= 4 is 37.6 Å². The molecule has 0 saturated carbocycles. The number of benzene rings is 1. The fourth-order valence-electron chi connectivity index (χ4n) is 1.35. The molecule has 0 radical (unpaired) electrons. The minimum absolute atomic E-state index is 0.0531. The van der Waals surface area contributed by atoms with Crippen molar-refractivity contribution in [2.45, 2.75) is 6.54 Å². The van der Waals surface area contributed by atoms with Gasteiger partial charge in [0.25, 0.3) is 0 Å². The van der Waals surface area contributed by atoms with E-state index < -0.39 is 0 Å². The molecule has 0 spiro atoms. The van der Waals surface area contributed by atoms with Crippen molar-refractivity contribution in [3.05, 3.63) is 51.4 Å². The van der Waals surface area contributed by atoms with Crippen LogP contribution in [0.15, 0.2) is 45.9 Å². The van der Waals surface area contributed by atoms with Gasteiger partial charge in [-0.25, -0.2) is 4.98 Å². The van der Waals surface area contributed by atoms with Crippen molar-refractivity contribution in [2.75, 3.05) is 0 Å². The van der Waals surface area contributed by atoms with Crippen LogP contribution in [0.5, 0.6) is 0 Å². The number of aromatic nitrogens is 2. The minimum atomic E-state index is 0.0531. The molecule has 0 aliphatic carbocycles. The number of Topliss-reactive ketones (excluding diaryl/α,β-unsaturated/α-hetero) is 1.